The molecule has 3 heteroatoms. The van der Waals surface area contributed by atoms with Crippen molar-refractivity contribution in [1.82, 2.24) is 5.32 Å². The lowest BCUT2D eigenvalue weighted by Gasteiger charge is -2.37. The molecule has 3 atom stereocenters. The maximum Gasteiger partial charge on any atom is 0.223 e. The summed E-state index contributed by atoms with van der Waals surface area (Å²) in [7, 11) is 0. The number of ketones is 1. The molecule has 0 radical (unpaired) electrons. The molecular formula is C22H31NO2. The van der Waals surface area contributed by atoms with Crippen LogP contribution in [0.4, 0.5) is 0 Å². The number of nitrogens with one attached hydrogen (secondary N) is 1. The fraction of sp³-hybridized carbons (Fsp3) is 0.636. The zero-order valence-electron chi connectivity index (χ0n) is 15.8. The Bertz CT molecular complexity index is 603. The van der Waals surface area contributed by atoms with Gasteiger partial charge in [0.25, 0.3) is 0 Å². The number of benzene rings is 1. The molecule has 0 aromatic heterocycles. The predicted molar refractivity (Wildman–Crippen MR) is 100 cm³/mol. The van der Waals surface area contributed by atoms with Gasteiger partial charge >= 0.3 is 0 Å². The zero-order valence-corrected chi connectivity index (χ0v) is 15.8. The summed E-state index contributed by atoms with van der Waals surface area (Å²) in [5, 5.41) is 3.18. The number of carbonyl (C=O) groups excluding carboxylic acids is 2. The van der Waals surface area contributed by atoms with Gasteiger partial charge in [0.1, 0.15) is 5.78 Å². The van der Waals surface area contributed by atoms with Gasteiger partial charge in [-0.25, -0.2) is 0 Å². The van der Waals surface area contributed by atoms with Crippen molar-refractivity contribution >= 4 is 11.7 Å². The van der Waals surface area contributed by atoms with Crippen molar-refractivity contribution in [2.75, 3.05) is 0 Å². The molecule has 1 aromatic carbocycles. The summed E-state index contributed by atoms with van der Waals surface area (Å²) in [6, 6.07) is 8.60. The van der Waals surface area contributed by atoms with Crippen LogP contribution in [-0.4, -0.2) is 11.7 Å². The SMILES string of the molecule is CC(C)Cc1ccc(C(C)NC(=O)C2CC3CCCC(C2)C3=O)cc1. The van der Waals surface area contributed by atoms with E-state index in [1.165, 1.54) is 5.56 Å². The number of Topliss-reactive ketones (excluding diaryl/α,β-unsaturated/α-hetero) is 1. The molecule has 136 valence electrons. The van der Waals surface area contributed by atoms with E-state index >= 15 is 0 Å². The van der Waals surface area contributed by atoms with E-state index in [1.54, 1.807) is 0 Å². The summed E-state index contributed by atoms with van der Waals surface area (Å²) < 4.78 is 0. The Morgan fingerprint density at radius 3 is 2.24 bits per heavy atom. The Balaban J connectivity index is 1.58. The first kappa shape index (κ1) is 18.2. The maximum absolute atomic E-state index is 12.7. The number of hydrogen-bond donors (Lipinski definition) is 1. The third-order valence-electron chi connectivity index (χ3n) is 5.90. The molecule has 2 aliphatic rings. The van der Waals surface area contributed by atoms with Crippen molar-refractivity contribution in [2.24, 2.45) is 23.7 Å². The van der Waals surface area contributed by atoms with Crippen LogP contribution in [0.3, 0.4) is 0 Å². The van der Waals surface area contributed by atoms with Gasteiger partial charge in [0.2, 0.25) is 5.91 Å². The average Bonchev–Trinajstić information content (AvgIpc) is 2.54. The lowest BCUT2D eigenvalue weighted by Crippen LogP contribution is -2.43. The summed E-state index contributed by atoms with van der Waals surface area (Å²) in [6.45, 7) is 6.49. The Hall–Kier alpha value is -1.64. The van der Waals surface area contributed by atoms with E-state index in [0.717, 1.165) is 44.1 Å². The molecule has 2 aliphatic carbocycles. The van der Waals surface area contributed by atoms with E-state index in [4.69, 9.17) is 0 Å². The van der Waals surface area contributed by atoms with Crippen LogP contribution in [0.15, 0.2) is 24.3 Å². The molecule has 1 N–H and O–H groups in total. The Kier molecular flexibility index (Phi) is 5.61. The third-order valence-corrected chi connectivity index (χ3v) is 5.90. The topological polar surface area (TPSA) is 46.2 Å². The molecule has 1 aromatic rings. The number of hydrogen-bond acceptors (Lipinski definition) is 2. The predicted octanol–water partition coefficient (Wildman–Crippen LogP) is 4.46. The normalized spacial score (nSPS) is 27.2. The highest BCUT2D eigenvalue weighted by Gasteiger charge is 2.41. The lowest BCUT2D eigenvalue weighted by molar-refractivity contribution is -0.137. The number of amides is 1. The first-order valence-electron chi connectivity index (χ1n) is 9.87. The Morgan fingerprint density at radius 1 is 1.08 bits per heavy atom. The quantitative estimate of drug-likeness (QED) is 0.859. The van der Waals surface area contributed by atoms with Gasteiger partial charge in [-0.2, -0.15) is 0 Å². The van der Waals surface area contributed by atoms with Crippen molar-refractivity contribution in [2.45, 2.75) is 65.3 Å². The van der Waals surface area contributed by atoms with Gasteiger partial charge in [-0.15, -0.1) is 0 Å². The Labute approximate surface area is 151 Å². The van der Waals surface area contributed by atoms with Gasteiger partial charge < -0.3 is 5.32 Å². The van der Waals surface area contributed by atoms with E-state index in [0.29, 0.717) is 11.7 Å². The molecule has 25 heavy (non-hydrogen) atoms. The van der Waals surface area contributed by atoms with Crippen molar-refractivity contribution in [3.05, 3.63) is 35.4 Å². The van der Waals surface area contributed by atoms with E-state index < -0.39 is 0 Å². The molecule has 2 fully saturated rings. The summed E-state index contributed by atoms with van der Waals surface area (Å²) in [5.41, 5.74) is 2.49. The summed E-state index contributed by atoms with van der Waals surface area (Å²) in [5.74, 6) is 1.47. The first-order chi connectivity index (χ1) is 11.9. The van der Waals surface area contributed by atoms with Crippen LogP contribution in [0.25, 0.3) is 0 Å². The molecule has 0 saturated heterocycles. The van der Waals surface area contributed by atoms with E-state index in [2.05, 4.69) is 43.4 Å². The van der Waals surface area contributed by atoms with Crippen LogP contribution >= 0.6 is 0 Å². The van der Waals surface area contributed by atoms with Crippen LogP contribution in [-0.2, 0) is 16.0 Å². The summed E-state index contributed by atoms with van der Waals surface area (Å²) in [6.07, 6.45) is 5.69. The fourth-order valence-corrected chi connectivity index (χ4v) is 4.52. The third kappa shape index (κ3) is 4.31. The highest BCUT2D eigenvalue weighted by atomic mass is 16.2. The highest BCUT2D eigenvalue weighted by molar-refractivity contribution is 5.88. The second kappa shape index (κ2) is 7.72. The monoisotopic (exact) mass is 341 g/mol. The van der Waals surface area contributed by atoms with Gasteiger partial charge in [0, 0.05) is 17.8 Å². The lowest BCUT2D eigenvalue weighted by atomic mass is 9.67. The van der Waals surface area contributed by atoms with E-state index in [9.17, 15) is 9.59 Å². The second-order valence-electron chi connectivity index (χ2n) is 8.47. The summed E-state index contributed by atoms with van der Waals surface area (Å²) in [4.78, 5) is 24.9. The molecule has 2 saturated carbocycles. The van der Waals surface area contributed by atoms with Gasteiger partial charge in [-0.05, 0) is 56.1 Å². The van der Waals surface area contributed by atoms with Gasteiger partial charge in [0.05, 0.1) is 6.04 Å². The smallest absolute Gasteiger partial charge is 0.223 e. The average molecular weight is 341 g/mol. The molecule has 1 amide bonds. The minimum atomic E-state index is 0.00987. The fourth-order valence-electron chi connectivity index (χ4n) is 4.52. The molecule has 3 nitrogen and oxygen atoms in total. The molecule has 0 aliphatic heterocycles. The van der Waals surface area contributed by atoms with Gasteiger partial charge in [-0.1, -0.05) is 44.5 Å². The zero-order chi connectivity index (χ0) is 18.0. The van der Waals surface area contributed by atoms with Crippen LogP contribution in [0.2, 0.25) is 0 Å². The minimum absolute atomic E-state index is 0.00987. The molecule has 3 rings (SSSR count). The highest BCUT2D eigenvalue weighted by Crippen LogP contribution is 2.40. The van der Waals surface area contributed by atoms with Crippen molar-refractivity contribution in [3.63, 3.8) is 0 Å². The number of rotatable bonds is 5. The summed E-state index contributed by atoms with van der Waals surface area (Å²) >= 11 is 0. The molecule has 0 spiro atoms. The number of carbonyl (C=O) groups is 2. The Morgan fingerprint density at radius 2 is 1.68 bits per heavy atom. The molecule has 0 heterocycles. The van der Waals surface area contributed by atoms with Crippen LogP contribution in [0.1, 0.15) is 70.0 Å². The van der Waals surface area contributed by atoms with E-state index in [1.807, 2.05) is 6.92 Å². The number of fused-ring (bicyclic) bond motifs is 2. The van der Waals surface area contributed by atoms with Crippen molar-refractivity contribution < 1.29 is 9.59 Å². The van der Waals surface area contributed by atoms with Gasteiger partial charge in [0.15, 0.2) is 0 Å². The van der Waals surface area contributed by atoms with Crippen molar-refractivity contribution in [3.8, 4) is 0 Å². The molecule has 2 bridgehead atoms. The van der Waals surface area contributed by atoms with Gasteiger partial charge in [-0.3, -0.25) is 9.59 Å². The van der Waals surface area contributed by atoms with E-state index in [-0.39, 0.29) is 29.7 Å². The van der Waals surface area contributed by atoms with Crippen LogP contribution < -0.4 is 5.32 Å². The standard InChI is InChI=1S/C22H31NO2/c1-14(2)11-16-7-9-17(10-8-16)15(3)23-22(25)20-12-18-5-4-6-19(13-20)21(18)24/h7-10,14-15,18-20H,4-6,11-13H2,1-3H3,(H,23,25). The van der Waals surface area contributed by atoms with Crippen molar-refractivity contribution in [1.29, 1.82) is 0 Å². The van der Waals surface area contributed by atoms with Crippen LogP contribution in [0, 0.1) is 23.7 Å². The molecular weight excluding hydrogens is 310 g/mol. The second-order valence-corrected chi connectivity index (χ2v) is 8.47. The largest absolute Gasteiger partial charge is 0.349 e. The van der Waals surface area contributed by atoms with Crippen LogP contribution in [0.5, 0.6) is 0 Å². The molecule has 3 unspecified atom stereocenters. The minimum Gasteiger partial charge on any atom is -0.349 e. The first-order valence-corrected chi connectivity index (χ1v) is 9.87. The maximum atomic E-state index is 12.7.